The van der Waals surface area contributed by atoms with E-state index >= 15 is 0 Å². The number of fused-ring (bicyclic) bond motifs is 1. The molecule has 0 saturated carbocycles. The average molecular weight is 270 g/mol. The van der Waals surface area contributed by atoms with E-state index in [1.54, 1.807) is 16.8 Å². The number of aryl methyl sites for hydroxylation is 1. The Balaban J connectivity index is 1.93. The number of anilines is 1. The van der Waals surface area contributed by atoms with Gasteiger partial charge in [0.05, 0.1) is 18.8 Å². The van der Waals surface area contributed by atoms with Gasteiger partial charge in [-0.2, -0.15) is 0 Å². The standard InChI is InChI=1S/C16H18N2O2/c1-11-8-16(19)18(9-14(11)17)10-15-13-5-3-2-4-12(13)6-7-20-15/h2-5,8-9,15H,6-7,10,17H2,1H3. The molecule has 0 saturated heterocycles. The Morgan fingerprint density at radius 2 is 2.20 bits per heavy atom. The van der Waals surface area contributed by atoms with E-state index in [1.807, 2.05) is 19.1 Å². The van der Waals surface area contributed by atoms with Gasteiger partial charge in [-0.25, -0.2) is 0 Å². The lowest BCUT2D eigenvalue weighted by molar-refractivity contribution is 0.0300. The number of pyridine rings is 1. The second-order valence-electron chi connectivity index (χ2n) is 5.21. The summed E-state index contributed by atoms with van der Waals surface area (Å²) < 4.78 is 7.47. The molecule has 1 atom stereocenters. The van der Waals surface area contributed by atoms with Crippen LogP contribution in [-0.4, -0.2) is 11.2 Å². The molecule has 0 amide bonds. The predicted octanol–water partition coefficient (Wildman–Crippen LogP) is 2.05. The number of aromatic nitrogens is 1. The Morgan fingerprint density at radius 3 is 3.05 bits per heavy atom. The maximum atomic E-state index is 12.0. The van der Waals surface area contributed by atoms with E-state index in [9.17, 15) is 4.79 Å². The van der Waals surface area contributed by atoms with Crippen molar-refractivity contribution in [3.05, 3.63) is 63.6 Å². The van der Waals surface area contributed by atoms with Gasteiger partial charge in [0.25, 0.3) is 5.56 Å². The van der Waals surface area contributed by atoms with Crippen LogP contribution in [-0.2, 0) is 17.7 Å². The van der Waals surface area contributed by atoms with Crippen LogP contribution in [0.5, 0.6) is 0 Å². The van der Waals surface area contributed by atoms with Crippen molar-refractivity contribution in [3.8, 4) is 0 Å². The molecule has 104 valence electrons. The molecule has 1 aromatic heterocycles. The Morgan fingerprint density at radius 1 is 1.40 bits per heavy atom. The highest BCUT2D eigenvalue weighted by Gasteiger charge is 2.21. The molecule has 4 nitrogen and oxygen atoms in total. The van der Waals surface area contributed by atoms with Crippen LogP contribution in [0, 0.1) is 6.92 Å². The number of nitrogen functional groups attached to an aromatic ring is 1. The maximum Gasteiger partial charge on any atom is 0.251 e. The molecule has 0 bridgehead atoms. The number of nitrogens with two attached hydrogens (primary N) is 1. The first-order valence-electron chi connectivity index (χ1n) is 6.81. The molecule has 2 N–H and O–H groups in total. The summed E-state index contributed by atoms with van der Waals surface area (Å²) in [7, 11) is 0. The van der Waals surface area contributed by atoms with Crippen LogP contribution in [0.2, 0.25) is 0 Å². The second kappa shape index (κ2) is 5.13. The molecule has 1 aromatic carbocycles. The molecule has 1 unspecified atom stereocenters. The van der Waals surface area contributed by atoms with Crippen molar-refractivity contribution in [3.63, 3.8) is 0 Å². The summed E-state index contributed by atoms with van der Waals surface area (Å²) >= 11 is 0. The molecule has 0 aliphatic carbocycles. The Hall–Kier alpha value is -2.07. The fourth-order valence-electron chi connectivity index (χ4n) is 2.63. The van der Waals surface area contributed by atoms with Gasteiger partial charge in [0.1, 0.15) is 6.10 Å². The number of benzene rings is 1. The third kappa shape index (κ3) is 2.34. The van der Waals surface area contributed by atoms with Crippen LogP contribution in [0.3, 0.4) is 0 Å². The van der Waals surface area contributed by atoms with Crippen molar-refractivity contribution in [1.29, 1.82) is 0 Å². The van der Waals surface area contributed by atoms with E-state index in [1.165, 1.54) is 11.1 Å². The van der Waals surface area contributed by atoms with Crippen molar-refractivity contribution in [2.24, 2.45) is 0 Å². The van der Waals surface area contributed by atoms with Crippen LogP contribution < -0.4 is 11.3 Å². The topological polar surface area (TPSA) is 57.2 Å². The average Bonchev–Trinajstić information content (AvgIpc) is 2.45. The number of nitrogens with zero attached hydrogens (tertiary/aromatic N) is 1. The van der Waals surface area contributed by atoms with Crippen LogP contribution in [0.25, 0.3) is 0 Å². The quantitative estimate of drug-likeness (QED) is 0.908. The molecule has 3 rings (SSSR count). The van der Waals surface area contributed by atoms with Gasteiger partial charge in [-0.05, 0) is 30.0 Å². The van der Waals surface area contributed by atoms with Crippen molar-refractivity contribution < 1.29 is 4.74 Å². The van der Waals surface area contributed by atoms with Gasteiger partial charge in [0.15, 0.2) is 0 Å². The smallest absolute Gasteiger partial charge is 0.251 e. The van der Waals surface area contributed by atoms with E-state index in [-0.39, 0.29) is 11.7 Å². The molecule has 4 heteroatoms. The van der Waals surface area contributed by atoms with Crippen molar-refractivity contribution >= 4 is 5.69 Å². The van der Waals surface area contributed by atoms with Crippen LogP contribution >= 0.6 is 0 Å². The van der Waals surface area contributed by atoms with E-state index in [4.69, 9.17) is 10.5 Å². The minimum Gasteiger partial charge on any atom is -0.397 e. The summed E-state index contributed by atoms with van der Waals surface area (Å²) in [6.07, 6.45) is 2.55. The largest absolute Gasteiger partial charge is 0.397 e. The SMILES string of the molecule is Cc1cc(=O)n(CC2OCCc3ccccc32)cc1N. The van der Waals surface area contributed by atoms with Gasteiger partial charge in [-0.15, -0.1) is 0 Å². The minimum absolute atomic E-state index is 0.0386. The Labute approximate surface area is 117 Å². The van der Waals surface area contributed by atoms with Crippen molar-refractivity contribution in [1.82, 2.24) is 4.57 Å². The molecule has 2 aromatic rings. The van der Waals surface area contributed by atoms with Gasteiger partial charge in [0.2, 0.25) is 0 Å². The summed E-state index contributed by atoms with van der Waals surface area (Å²) in [5.74, 6) is 0. The lowest BCUT2D eigenvalue weighted by atomic mass is 9.97. The molecule has 0 spiro atoms. The van der Waals surface area contributed by atoms with Gasteiger partial charge in [0, 0.05) is 12.3 Å². The van der Waals surface area contributed by atoms with Gasteiger partial charge in [-0.3, -0.25) is 4.79 Å². The third-order valence-corrected chi connectivity index (χ3v) is 3.83. The zero-order chi connectivity index (χ0) is 14.1. The third-order valence-electron chi connectivity index (χ3n) is 3.83. The zero-order valence-corrected chi connectivity index (χ0v) is 11.5. The zero-order valence-electron chi connectivity index (χ0n) is 11.5. The van der Waals surface area contributed by atoms with E-state index < -0.39 is 0 Å². The Bertz CT molecular complexity index is 691. The first-order chi connectivity index (χ1) is 9.65. The first-order valence-corrected chi connectivity index (χ1v) is 6.81. The number of hydrogen-bond donors (Lipinski definition) is 1. The summed E-state index contributed by atoms with van der Waals surface area (Å²) in [6, 6.07) is 9.81. The summed E-state index contributed by atoms with van der Waals surface area (Å²) in [5, 5.41) is 0. The molecule has 2 heterocycles. The highest BCUT2D eigenvalue weighted by molar-refractivity contribution is 5.43. The number of hydrogen-bond acceptors (Lipinski definition) is 3. The number of rotatable bonds is 2. The summed E-state index contributed by atoms with van der Waals surface area (Å²) in [4.78, 5) is 12.0. The van der Waals surface area contributed by atoms with Crippen LogP contribution in [0.15, 0.2) is 41.3 Å². The van der Waals surface area contributed by atoms with Crippen LogP contribution in [0.4, 0.5) is 5.69 Å². The molecule has 1 aliphatic heterocycles. The first kappa shape index (κ1) is 12.9. The highest BCUT2D eigenvalue weighted by atomic mass is 16.5. The van der Waals surface area contributed by atoms with E-state index in [0.29, 0.717) is 18.8 Å². The van der Waals surface area contributed by atoms with E-state index in [0.717, 1.165) is 12.0 Å². The lowest BCUT2D eigenvalue weighted by Crippen LogP contribution is -2.27. The summed E-state index contributed by atoms with van der Waals surface area (Å²) in [6.45, 7) is 3.03. The molecule has 0 fully saturated rings. The molecule has 1 aliphatic rings. The highest BCUT2D eigenvalue weighted by Crippen LogP contribution is 2.28. The van der Waals surface area contributed by atoms with Gasteiger partial charge >= 0.3 is 0 Å². The van der Waals surface area contributed by atoms with Crippen molar-refractivity contribution in [2.45, 2.75) is 26.0 Å². The fraction of sp³-hybridized carbons (Fsp3) is 0.312. The molecule has 0 radical (unpaired) electrons. The Kier molecular flexibility index (Phi) is 3.32. The van der Waals surface area contributed by atoms with E-state index in [2.05, 4.69) is 12.1 Å². The summed E-state index contributed by atoms with van der Waals surface area (Å²) in [5.41, 5.74) is 9.77. The monoisotopic (exact) mass is 270 g/mol. The second-order valence-corrected chi connectivity index (χ2v) is 5.21. The van der Waals surface area contributed by atoms with Gasteiger partial charge < -0.3 is 15.0 Å². The number of ether oxygens (including phenoxy) is 1. The van der Waals surface area contributed by atoms with Crippen molar-refractivity contribution in [2.75, 3.05) is 12.3 Å². The predicted molar refractivity (Wildman–Crippen MR) is 78.7 cm³/mol. The minimum atomic E-state index is -0.0836. The van der Waals surface area contributed by atoms with Gasteiger partial charge in [-0.1, -0.05) is 24.3 Å². The maximum absolute atomic E-state index is 12.0. The van der Waals surface area contributed by atoms with Crippen LogP contribution in [0.1, 0.15) is 22.8 Å². The molecular weight excluding hydrogens is 252 g/mol. The fourth-order valence-corrected chi connectivity index (χ4v) is 2.63. The molecule has 20 heavy (non-hydrogen) atoms. The molecular formula is C16H18N2O2. The normalized spacial score (nSPS) is 17.8. The lowest BCUT2D eigenvalue weighted by Gasteiger charge is -2.26.